The second kappa shape index (κ2) is 5.69. The molecule has 0 aromatic heterocycles. The van der Waals surface area contributed by atoms with E-state index >= 15 is 0 Å². The first kappa shape index (κ1) is 13.7. The SMILES string of the molecule is Brc1cc2c(cc1NC1CCN3CCCC3C1)OCCO2. The summed E-state index contributed by atoms with van der Waals surface area (Å²) in [6, 6.07) is 5.43. The van der Waals surface area contributed by atoms with E-state index in [9.17, 15) is 0 Å². The van der Waals surface area contributed by atoms with Gasteiger partial charge in [0.15, 0.2) is 11.5 Å². The summed E-state index contributed by atoms with van der Waals surface area (Å²) in [5, 5.41) is 3.70. The van der Waals surface area contributed by atoms with Gasteiger partial charge in [-0.3, -0.25) is 0 Å². The molecule has 1 aromatic carbocycles. The molecule has 2 unspecified atom stereocenters. The number of hydrogen-bond donors (Lipinski definition) is 1. The second-order valence-corrected chi connectivity index (χ2v) is 7.03. The summed E-state index contributed by atoms with van der Waals surface area (Å²) in [5.74, 6) is 1.69. The van der Waals surface area contributed by atoms with Gasteiger partial charge in [-0.15, -0.1) is 0 Å². The summed E-state index contributed by atoms with van der Waals surface area (Å²) in [4.78, 5) is 2.65. The van der Waals surface area contributed by atoms with E-state index in [4.69, 9.17) is 9.47 Å². The number of ether oxygens (including phenoxy) is 2. The van der Waals surface area contributed by atoms with E-state index in [0.29, 0.717) is 19.3 Å². The number of nitrogens with zero attached hydrogens (tertiary/aromatic N) is 1. The topological polar surface area (TPSA) is 33.7 Å². The molecule has 1 aromatic rings. The summed E-state index contributed by atoms with van der Waals surface area (Å²) in [7, 11) is 0. The van der Waals surface area contributed by atoms with Crippen molar-refractivity contribution >= 4 is 21.6 Å². The Morgan fingerprint density at radius 3 is 2.76 bits per heavy atom. The van der Waals surface area contributed by atoms with Crippen molar-refractivity contribution in [3.05, 3.63) is 16.6 Å². The van der Waals surface area contributed by atoms with Crippen LogP contribution in [-0.4, -0.2) is 43.3 Å². The molecule has 4 rings (SSSR count). The summed E-state index contributed by atoms with van der Waals surface area (Å²) >= 11 is 3.65. The number of rotatable bonds is 2. The molecule has 2 fully saturated rings. The van der Waals surface area contributed by atoms with Crippen molar-refractivity contribution in [2.45, 2.75) is 37.8 Å². The maximum absolute atomic E-state index is 5.68. The van der Waals surface area contributed by atoms with Gasteiger partial charge in [0.2, 0.25) is 0 Å². The van der Waals surface area contributed by atoms with Crippen LogP contribution in [0.2, 0.25) is 0 Å². The Morgan fingerprint density at radius 1 is 1.10 bits per heavy atom. The van der Waals surface area contributed by atoms with Crippen LogP contribution in [0, 0.1) is 0 Å². The smallest absolute Gasteiger partial charge is 0.163 e. The monoisotopic (exact) mass is 352 g/mol. The van der Waals surface area contributed by atoms with E-state index < -0.39 is 0 Å². The van der Waals surface area contributed by atoms with Crippen molar-refractivity contribution in [1.29, 1.82) is 0 Å². The van der Waals surface area contributed by atoms with Crippen LogP contribution in [-0.2, 0) is 0 Å². The van der Waals surface area contributed by atoms with Gasteiger partial charge in [0.1, 0.15) is 13.2 Å². The van der Waals surface area contributed by atoms with E-state index in [1.165, 1.54) is 38.8 Å². The van der Waals surface area contributed by atoms with Crippen LogP contribution in [0.5, 0.6) is 11.5 Å². The molecule has 114 valence electrons. The number of piperidine rings is 1. The molecule has 0 radical (unpaired) electrons. The summed E-state index contributed by atoms with van der Waals surface area (Å²) in [5.41, 5.74) is 1.12. The molecule has 21 heavy (non-hydrogen) atoms. The van der Waals surface area contributed by atoms with Gasteiger partial charge in [0, 0.05) is 35.2 Å². The number of anilines is 1. The van der Waals surface area contributed by atoms with Gasteiger partial charge < -0.3 is 19.7 Å². The lowest BCUT2D eigenvalue weighted by atomic mass is 9.97. The van der Waals surface area contributed by atoms with Crippen LogP contribution in [0.1, 0.15) is 25.7 Å². The molecule has 4 nitrogen and oxygen atoms in total. The highest BCUT2D eigenvalue weighted by Crippen LogP contribution is 2.39. The molecule has 5 heteroatoms. The van der Waals surface area contributed by atoms with Gasteiger partial charge in [-0.25, -0.2) is 0 Å². The van der Waals surface area contributed by atoms with Crippen LogP contribution >= 0.6 is 15.9 Å². The molecule has 0 spiro atoms. The van der Waals surface area contributed by atoms with Crippen molar-refractivity contribution in [1.82, 2.24) is 4.90 Å². The van der Waals surface area contributed by atoms with Crippen molar-refractivity contribution in [2.24, 2.45) is 0 Å². The van der Waals surface area contributed by atoms with Gasteiger partial charge in [-0.05, 0) is 48.2 Å². The zero-order valence-electron chi connectivity index (χ0n) is 12.1. The Bertz CT molecular complexity index is 537. The molecule has 0 bridgehead atoms. The number of hydrogen-bond acceptors (Lipinski definition) is 4. The molecule has 1 N–H and O–H groups in total. The quantitative estimate of drug-likeness (QED) is 0.885. The molecular weight excluding hydrogens is 332 g/mol. The number of halogens is 1. The lowest BCUT2D eigenvalue weighted by Gasteiger charge is -2.36. The Hall–Kier alpha value is -0.940. The third-order valence-electron chi connectivity index (χ3n) is 4.81. The lowest BCUT2D eigenvalue weighted by molar-refractivity contribution is 0.171. The molecular formula is C16H21BrN2O2. The molecule has 2 atom stereocenters. The third-order valence-corrected chi connectivity index (χ3v) is 5.47. The Morgan fingerprint density at radius 2 is 1.90 bits per heavy atom. The van der Waals surface area contributed by atoms with Crippen LogP contribution in [0.15, 0.2) is 16.6 Å². The second-order valence-electron chi connectivity index (χ2n) is 6.17. The van der Waals surface area contributed by atoms with Crippen LogP contribution in [0.4, 0.5) is 5.69 Å². The van der Waals surface area contributed by atoms with E-state index in [0.717, 1.165) is 27.7 Å². The lowest BCUT2D eigenvalue weighted by Crippen LogP contribution is -2.42. The van der Waals surface area contributed by atoms with E-state index in [2.05, 4.69) is 32.2 Å². The molecule has 3 heterocycles. The Balaban J connectivity index is 1.49. The Kier molecular flexibility index (Phi) is 3.71. The highest BCUT2D eigenvalue weighted by atomic mass is 79.9. The van der Waals surface area contributed by atoms with Crippen LogP contribution in [0.3, 0.4) is 0 Å². The number of nitrogens with one attached hydrogen (secondary N) is 1. The largest absolute Gasteiger partial charge is 0.486 e. The average Bonchev–Trinajstić information content (AvgIpc) is 2.95. The minimum absolute atomic E-state index is 0.559. The van der Waals surface area contributed by atoms with E-state index in [1.54, 1.807) is 0 Å². The van der Waals surface area contributed by atoms with Crippen molar-refractivity contribution in [3.63, 3.8) is 0 Å². The third kappa shape index (κ3) is 2.73. The highest BCUT2D eigenvalue weighted by molar-refractivity contribution is 9.10. The highest BCUT2D eigenvalue weighted by Gasteiger charge is 2.31. The van der Waals surface area contributed by atoms with Gasteiger partial charge in [0.05, 0.1) is 5.69 Å². The predicted octanol–water partition coefficient (Wildman–Crippen LogP) is 3.26. The molecule has 3 aliphatic heterocycles. The summed E-state index contributed by atoms with van der Waals surface area (Å²) < 4.78 is 12.4. The van der Waals surface area contributed by atoms with Gasteiger partial charge >= 0.3 is 0 Å². The zero-order chi connectivity index (χ0) is 14.2. The predicted molar refractivity (Wildman–Crippen MR) is 86.4 cm³/mol. The summed E-state index contributed by atoms with van der Waals surface area (Å²) in [6.07, 6.45) is 5.20. The molecule has 0 amide bonds. The maximum atomic E-state index is 5.68. The molecule has 3 aliphatic rings. The van der Waals surface area contributed by atoms with Gasteiger partial charge in [0.25, 0.3) is 0 Å². The minimum Gasteiger partial charge on any atom is -0.486 e. The number of benzene rings is 1. The Labute approximate surface area is 133 Å². The first-order valence-electron chi connectivity index (χ1n) is 7.89. The van der Waals surface area contributed by atoms with Crippen molar-refractivity contribution in [3.8, 4) is 11.5 Å². The molecule has 0 aliphatic carbocycles. The fourth-order valence-corrected chi connectivity index (χ4v) is 4.19. The zero-order valence-corrected chi connectivity index (χ0v) is 13.7. The number of fused-ring (bicyclic) bond motifs is 2. The van der Waals surface area contributed by atoms with Crippen molar-refractivity contribution in [2.75, 3.05) is 31.6 Å². The fourth-order valence-electron chi connectivity index (χ4n) is 3.75. The first-order chi connectivity index (χ1) is 10.3. The standard InChI is InChI=1S/C16H21BrN2O2/c17-13-9-15-16(21-7-6-20-15)10-14(13)18-11-3-5-19-4-1-2-12(19)8-11/h9-12,18H,1-8H2. The summed E-state index contributed by atoms with van der Waals surface area (Å²) in [6.45, 7) is 3.79. The van der Waals surface area contributed by atoms with Gasteiger partial charge in [-0.1, -0.05) is 0 Å². The molecule has 0 saturated carbocycles. The first-order valence-corrected chi connectivity index (χ1v) is 8.68. The fraction of sp³-hybridized carbons (Fsp3) is 0.625. The molecule has 2 saturated heterocycles. The van der Waals surface area contributed by atoms with Crippen LogP contribution < -0.4 is 14.8 Å². The van der Waals surface area contributed by atoms with Crippen molar-refractivity contribution < 1.29 is 9.47 Å². The van der Waals surface area contributed by atoms with E-state index in [-0.39, 0.29) is 0 Å². The minimum atomic E-state index is 0.559. The van der Waals surface area contributed by atoms with Crippen LogP contribution in [0.25, 0.3) is 0 Å². The maximum Gasteiger partial charge on any atom is 0.163 e. The van der Waals surface area contributed by atoms with E-state index in [1.807, 2.05) is 6.07 Å². The normalized spacial score (nSPS) is 28.2. The average molecular weight is 353 g/mol. The van der Waals surface area contributed by atoms with Gasteiger partial charge in [-0.2, -0.15) is 0 Å².